The van der Waals surface area contributed by atoms with E-state index >= 15 is 0 Å². The van der Waals surface area contributed by atoms with Crippen molar-refractivity contribution in [3.63, 3.8) is 0 Å². The molecular formula is C11H15NO4S. The summed E-state index contributed by atoms with van der Waals surface area (Å²) in [5, 5.41) is 3.83. The number of hydrogen-bond acceptors (Lipinski definition) is 4. The number of Topliss-reactive ketones (excluding diaryl/α,β-unsaturated/α-hetero) is 1. The van der Waals surface area contributed by atoms with Crippen molar-refractivity contribution in [3.05, 3.63) is 29.8 Å². The average molecular weight is 257 g/mol. The van der Waals surface area contributed by atoms with Gasteiger partial charge in [0.05, 0.1) is 7.11 Å². The fraction of sp³-hybridized carbons (Fsp3) is 0.364. The van der Waals surface area contributed by atoms with Gasteiger partial charge in [0.25, 0.3) is 0 Å². The molecule has 1 aromatic rings. The van der Waals surface area contributed by atoms with Crippen LogP contribution in [0.25, 0.3) is 0 Å². The molecule has 1 rings (SSSR count). The lowest BCUT2D eigenvalue weighted by molar-refractivity contribution is 0.0985. The second-order valence-electron chi connectivity index (χ2n) is 3.58. The Labute approximate surface area is 101 Å². The van der Waals surface area contributed by atoms with Crippen LogP contribution in [0, 0.1) is 0 Å². The van der Waals surface area contributed by atoms with Crippen LogP contribution in [0.2, 0.25) is 0 Å². The van der Waals surface area contributed by atoms with E-state index in [1.54, 1.807) is 19.1 Å². The Bertz CT molecular complexity index is 493. The molecule has 0 radical (unpaired) electrons. The molecule has 0 aliphatic heterocycles. The lowest BCUT2D eigenvalue weighted by Gasteiger charge is -2.11. The maximum absolute atomic E-state index is 11.9. The zero-order chi connectivity index (χ0) is 13.1. The van der Waals surface area contributed by atoms with Crippen LogP contribution in [0.3, 0.4) is 0 Å². The third-order valence-corrected chi connectivity index (χ3v) is 3.77. The number of hydrogen-bond donors (Lipinski definition) is 1. The van der Waals surface area contributed by atoms with Crippen LogP contribution in [0.1, 0.15) is 23.7 Å². The number of rotatable bonds is 5. The minimum absolute atomic E-state index is 0.156. The summed E-state index contributed by atoms with van der Waals surface area (Å²) < 4.78 is 27.4. The zero-order valence-corrected chi connectivity index (χ0v) is 10.5. The molecule has 0 aromatic heterocycles. The summed E-state index contributed by atoms with van der Waals surface area (Å²) in [5.74, 6) is 0.114. The van der Waals surface area contributed by atoms with E-state index < -0.39 is 21.1 Å². The minimum Gasteiger partial charge on any atom is -0.497 e. The van der Waals surface area contributed by atoms with Gasteiger partial charge in [-0.3, -0.25) is 4.79 Å². The first-order valence-electron chi connectivity index (χ1n) is 5.10. The average Bonchev–Trinajstić information content (AvgIpc) is 2.28. The number of ketones is 1. The summed E-state index contributed by atoms with van der Waals surface area (Å²) in [6, 6.07) is 6.25. The van der Waals surface area contributed by atoms with Crippen molar-refractivity contribution < 1.29 is 17.9 Å². The van der Waals surface area contributed by atoms with E-state index in [4.69, 9.17) is 9.88 Å². The van der Waals surface area contributed by atoms with E-state index in [1.807, 2.05) is 0 Å². The first kappa shape index (κ1) is 13.7. The molecule has 94 valence electrons. The van der Waals surface area contributed by atoms with Crippen molar-refractivity contribution in [2.45, 2.75) is 18.6 Å². The highest BCUT2D eigenvalue weighted by Gasteiger charge is 2.28. The largest absolute Gasteiger partial charge is 0.497 e. The molecule has 2 N–H and O–H groups in total. The molecule has 0 spiro atoms. The molecule has 1 atom stereocenters. The van der Waals surface area contributed by atoms with E-state index in [0.29, 0.717) is 11.3 Å². The highest BCUT2D eigenvalue weighted by Crippen LogP contribution is 2.15. The van der Waals surface area contributed by atoms with Crippen LogP contribution in [-0.4, -0.2) is 26.6 Å². The Morgan fingerprint density at radius 1 is 1.35 bits per heavy atom. The van der Waals surface area contributed by atoms with Crippen LogP contribution in [0.15, 0.2) is 24.3 Å². The van der Waals surface area contributed by atoms with Gasteiger partial charge in [-0.05, 0) is 30.7 Å². The van der Waals surface area contributed by atoms with E-state index in [9.17, 15) is 13.2 Å². The van der Waals surface area contributed by atoms with Crippen molar-refractivity contribution >= 4 is 15.8 Å². The first-order valence-corrected chi connectivity index (χ1v) is 6.71. The number of primary sulfonamides is 1. The summed E-state index contributed by atoms with van der Waals surface area (Å²) in [5.41, 5.74) is 0.312. The van der Waals surface area contributed by atoms with Crippen LogP contribution in [0.5, 0.6) is 5.75 Å². The van der Waals surface area contributed by atoms with Crippen LogP contribution >= 0.6 is 0 Å². The Kier molecular flexibility index (Phi) is 4.25. The Hall–Kier alpha value is -1.40. The number of sulfonamides is 1. The van der Waals surface area contributed by atoms with Crippen LogP contribution < -0.4 is 9.88 Å². The summed E-state index contributed by atoms with van der Waals surface area (Å²) in [6.45, 7) is 1.61. The first-order chi connectivity index (χ1) is 7.90. The second kappa shape index (κ2) is 5.29. The highest BCUT2D eigenvalue weighted by molar-refractivity contribution is 7.90. The van der Waals surface area contributed by atoms with Gasteiger partial charge in [0.1, 0.15) is 11.0 Å². The maximum Gasteiger partial charge on any atom is 0.219 e. The number of nitrogens with two attached hydrogens (primary N) is 1. The number of ether oxygens (including phenoxy) is 1. The molecule has 0 amide bonds. The predicted octanol–water partition coefficient (Wildman–Crippen LogP) is 0.945. The fourth-order valence-electron chi connectivity index (χ4n) is 1.51. The van der Waals surface area contributed by atoms with Gasteiger partial charge in [0.15, 0.2) is 5.78 Å². The van der Waals surface area contributed by atoms with Crippen molar-refractivity contribution in [1.29, 1.82) is 0 Å². The van der Waals surface area contributed by atoms with Crippen molar-refractivity contribution in [3.8, 4) is 5.75 Å². The van der Waals surface area contributed by atoms with Crippen LogP contribution in [0.4, 0.5) is 0 Å². The summed E-state index contributed by atoms with van der Waals surface area (Å²) in [4.78, 5) is 11.9. The van der Waals surface area contributed by atoms with Gasteiger partial charge in [-0.2, -0.15) is 0 Å². The lowest BCUT2D eigenvalue weighted by Crippen LogP contribution is -2.35. The molecule has 0 bridgehead atoms. The normalized spacial score (nSPS) is 13.1. The molecule has 0 heterocycles. The monoisotopic (exact) mass is 257 g/mol. The molecule has 1 unspecified atom stereocenters. The van der Waals surface area contributed by atoms with Crippen molar-refractivity contribution in [1.82, 2.24) is 0 Å². The van der Waals surface area contributed by atoms with Crippen molar-refractivity contribution in [2.75, 3.05) is 7.11 Å². The third kappa shape index (κ3) is 3.28. The standard InChI is InChI=1S/C11H15NO4S/c1-3-10(17(12,14)15)11(13)8-4-6-9(16-2)7-5-8/h4-7,10H,3H2,1-2H3,(H2,12,14,15). The molecule has 0 aliphatic carbocycles. The van der Waals surface area contributed by atoms with Gasteiger partial charge in [0, 0.05) is 5.56 Å². The van der Waals surface area contributed by atoms with Gasteiger partial charge in [-0.15, -0.1) is 0 Å². The molecule has 6 heteroatoms. The lowest BCUT2D eigenvalue weighted by atomic mass is 10.1. The Morgan fingerprint density at radius 3 is 2.24 bits per heavy atom. The second-order valence-corrected chi connectivity index (χ2v) is 5.33. The minimum atomic E-state index is -3.86. The van der Waals surface area contributed by atoms with E-state index in [-0.39, 0.29) is 6.42 Å². The smallest absolute Gasteiger partial charge is 0.219 e. The van der Waals surface area contributed by atoms with Gasteiger partial charge in [-0.1, -0.05) is 6.92 Å². The van der Waals surface area contributed by atoms with E-state index in [0.717, 1.165) is 0 Å². The zero-order valence-electron chi connectivity index (χ0n) is 9.71. The Morgan fingerprint density at radius 2 is 1.88 bits per heavy atom. The van der Waals surface area contributed by atoms with Gasteiger partial charge >= 0.3 is 0 Å². The molecule has 0 saturated heterocycles. The molecule has 0 saturated carbocycles. The predicted molar refractivity (Wildman–Crippen MR) is 64.5 cm³/mol. The topological polar surface area (TPSA) is 86.5 Å². The summed E-state index contributed by atoms with van der Waals surface area (Å²) >= 11 is 0. The van der Waals surface area contributed by atoms with Gasteiger partial charge in [0.2, 0.25) is 10.0 Å². The molecule has 0 aliphatic rings. The number of methoxy groups -OCH3 is 1. The molecule has 17 heavy (non-hydrogen) atoms. The van der Waals surface area contributed by atoms with E-state index in [1.165, 1.54) is 19.2 Å². The number of carbonyl (C=O) groups excluding carboxylic acids is 1. The fourth-order valence-corrected chi connectivity index (χ4v) is 2.41. The highest BCUT2D eigenvalue weighted by atomic mass is 32.2. The van der Waals surface area contributed by atoms with Gasteiger partial charge < -0.3 is 4.74 Å². The quantitative estimate of drug-likeness (QED) is 0.795. The third-order valence-electron chi connectivity index (χ3n) is 2.43. The number of carbonyl (C=O) groups is 1. The van der Waals surface area contributed by atoms with Crippen LogP contribution in [-0.2, 0) is 10.0 Å². The summed E-state index contributed by atoms with van der Waals surface area (Å²) in [6.07, 6.45) is 0.156. The number of benzene rings is 1. The van der Waals surface area contributed by atoms with Crippen molar-refractivity contribution in [2.24, 2.45) is 5.14 Å². The molecule has 0 fully saturated rings. The van der Waals surface area contributed by atoms with Gasteiger partial charge in [-0.25, -0.2) is 13.6 Å². The molecule has 1 aromatic carbocycles. The molecule has 5 nitrogen and oxygen atoms in total. The molecular weight excluding hydrogens is 242 g/mol. The van der Waals surface area contributed by atoms with E-state index in [2.05, 4.69) is 0 Å². The summed E-state index contributed by atoms with van der Waals surface area (Å²) in [7, 11) is -2.35. The SMILES string of the molecule is CCC(C(=O)c1ccc(OC)cc1)S(N)(=O)=O. The Balaban J connectivity index is 3.02. The maximum atomic E-state index is 11.9.